The van der Waals surface area contributed by atoms with Crippen molar-refractivity contribution >= 4 is 10.8 Å². The second kappa shape index (κ2) is 6.14. The van der Waals surface area contributed by atoms with Crippen molar-refractivity contribution in [3.63, 3.8) is 0 Å². The van der Waals surface area contributed by atoms with Gasteiger partial charge in [0.25, 0.3) is 0 Å². The van der Waals surface area contributed by atoms with Crippen molar-refractivity contribution in [2.24, 2.45) is 0 Å². The van der Waals surface area contributed by atoms with Crippen LogP contribution in [0.2, 0.25) is 0 Å². The second-order valence-electron chi connectivity index (χ2n) is 7.13. The van der Waals surface area contributed by atoms with Gasteiger partial charge in [0.2, 0.25) is 0 Å². The van der Waals surface area contributed by atoms with Gasteiger partial charge in [0.15, 0.2) is 0 Å². The standard InChI is InChI=1S/C20H27NO2/c1-5-6-11-20(21-19(2,3)14-23-20)17-12-15-9-7-8-10-16(15)13-18(17)22-4/h7-10,12-13,21H,5-6,11,14H2,1-4H3. The fourth-order valence-corrected chi connectivity index (χ4v) is 3.47. The first kappa shape index (κ1) is 16.3. The fourth-order valence-electron chi connectivity index (χ4n) is 3.47. The molecule has 2 aromatic carbocycles. The molecule has 124 valence electrons. The van der Waals surface area contributed by atoms with Gasteiger partial charge in [-0.3, -0.25) is 5.32 Å². The Morgan fingerprint density at radius 1 is 1.17 bits per heavy atom. The summed E-state index contributed by atoms with van der Waals surface area (Å²) in [5.74, 6) is 0.894. The second-order valence-corrected chi connectivity index (χ2v) is 7.13. The minimum absolute atomic E-state index is 0.0373. The first-order valence-corrected chi connectivity index (χ1v) is 8.50. The highest BCUT2D eigenvalue weighted by atomic mass is 16.5. The molecule has 1 unspecified atom stereocenters. The smallest absolute Gasteiger partial charge is 0.149 e. The molecule has 0 spiro atoms. The molecular formula is C20H27NO2. The Bertz CT molecular complexity index is 695. The summed E-state index contributed by atoms with van der Waals surface area (Å²) in [6, 6.07) is 12.7. The number of ether oxygens (including phenoxy) is 2. The van der Waals surface area contributed by atoms with Crippen molar-refractivity contribution in [1.29, 1.82) is 0 Å². The number of fused-ring (bicyclic) bond motifs is 1. The average molecular weight is 313 g/mol. The van der Waals surface area contributed by atoms with Gasteiger partial charge >= 0.3 is 0 Å². The predicted octanol–water partition coefficient (Wildman–Crippen LogP) is 4.59. The van der Waals surface area contributed by atoms with Gasteiger partial charge in [-0.15, -0.1) is 0 Å². The van der Waals surface area contributed by atoms with Crippen molar-refractivity contribution in [3.05, 3.63) is 42.0 Å². The Labute approximate surface area is 139 Å². The van der Waals surface area contributed by atoms with Crippen LogP contribution >= 0.6 is 0 Å². The van der Waals surface area contributed by atoms with Crippen LogP contribution in [0.5, 0.6) is 5.75 Å². The first-order chi connectivity index (χ1) is 11.0. The third-order valence-electron chi connectivity index (χ3n) is 4.61. The molecule has 0 aliphatic carbocycles. The SMILES string of the molecule is CCCCC1(c2cc3ccccc3cc2OC)NC(C)(C)CO1. The molecule has 1 heterocycles. The molecule has 0 bridgehead atoms. The normalized spacial score (nSPS) is 23.3. The van der Waals surface area contributed by atoms with Crippen LogP contribution in [-0.4, -0.2) is 19.3 Å². The molecule has 0 aromatic heterocycles. The molecule has 1 N–H and O–H groups in total. The van der Waals surface area contributed by atoms with E-state index in [9.17, 15) is 0 Å². The van der Waals surface area contributed by atoms with Gasteiger partial charge in [-0.2, -0.15) is 0 Å². The van der Waals surface area contributed by atoms with Gasteiger partial charge < -0.3 is 9.47 Å². The minimum Gasteiger partial charge on any atom is -0.496 e. The van der Waals surface area contributed by atoms with Crippen molar-refractivity contribution < 1.29 is 9.47 Å². The van der Waals surface area contributed by atoms with E-state index >= 15 is 0 Å². The average Bonchev–Trinajstić information content (AvgIpc) is 2.88. The fraction of sp³-hybridized carbons (Fsp3) is 0.500. The van der Waals surface area contributed by atoms with Gasteiger partial charge in [-0.25, -0.2) is 0 Å². The largest absolute Gasteiger partial charge is 0.496 e. The lowest BCUT2D eigenvalue weighted by Crippen LogP contribution is -2.46. The lowest BCUT2D eigenvalue weighted by Gasteiger charge is -2.33. The number of hydrogen-bond donors (Lipinski definition) is 1. The highest BCUT2D eigenvalue weighted by Gasteiger charge is 2.46. The minimum atomic E-state index is -0.463. The number of methoxy groups -OCH3 is 1. The monoisotopic (exact) mass is 313 g/mol. The van der Waals surface area contributed by atoms with Crippen LogP contribution in [0.1, 0.15) is 45.6 Å². The maximum Gasteiger partial charge on any atom is 0.149 e. The predicted molar refractivity (Wildman–Crippen MR) is 94.9 cm³/mol. The molecule has 0 amide bonds. The van der Waals surface area contributed by atoms with Crippen LogP contribution in [0.4, 0.5) is 0 Å². The summed E-state index contributed by atoms with van der Waals surface area (Å²) >= 11 is 0. The topological polar surface area (TPSA) is 30.5 Å². The van der Waals surface area contributed by atoms with Crippen molar-refractivity contribution in [3.8, 4) is 5.75 Å². The molecule has 1 aliphatic heterocycles. The Kier molecular flexibility index (Phi) is 4.35. The molecule has 0 radical (unpaired) electrons. The van der Waals surface area contributed by atoms with Gasteiger partial charge in [0.05, 0.1) is 13.7 Å². The summed E-state index contributed by atoms with van der Waals surface area (Å²) in [5.41, 5.74) is 0.608. The summed E-state index contributed by atoms with van der Waals surface area (Å²) in [6.45, 7) is 7.29. The van der Waals surface area contributed by atoms with Gasteiger partial charge in [-0.1, -0.05) is 37.6 Å². The molecule has 1 atom stereocenters. The zero-order valence-corrected chi connectivity index (χ0v) is 14.6. The Balaban J connectivity index is 2.13. The molecule has 3 nitrogen and oxygen atoms in total. The molecule has 1 saturated heterocycles. The maximum absolute atomic E-state index is 6.34. The number of hydrogen-bond acceptors (Lipinski definition) is 3. The van der Waals surface area contributed by atoms with Crippen molar-refractivity contribution in [2.45, 2.75) is 51.3 Å². The van der Waals surface area contributed by atoms with Gasteiger partial charge in [-0.05, 0) is 49.6 Å². The Hall–Kier alpha value is -1.58. The molecule has 3 rings (SSSR count). The third kappa shape index (κ3) is 3.08. The molecule has 1 aliphatic rings. The van der Waals surface area contributed by atoms with Gasteiger partial charge in [0, 0.05) is 11.1 Å². The lowest BCUT2D eigenvalue weighted by atomic mass is 9.92. The highest BCUT2D eigenvalue weighted by Crippen LogP contribution is 2.42. The summed E-state index contributed by atoms with van der Waals surface area (Å²) in [7, 11) is 1.74. The number of nitrogens with one attached hydrogen (secondary N) is 1. The van der Waals surface area contributed by atoms with E-state index in [1.54, 1.807) is 7.11 Å². The van der Waals surface area contributed by atoms with E-state index in [-0.39, 0.29) is 5.54 Å². The van der Waals surface area contributed by atoms with Crippen molar-refractivity contribution in [1.82, 2.24) is 5.32 Å². The Morgan fingerprint density at radius 2 is 1.87 bits per heavy atom. The zero-order chi connectivity index (χ0) is 16.5. The van der Waals surface area contributed by atoms with E-state index in [1.807, 2.05) is 0 Å². The third-order valence-corrected chi connectivity index (χ3v) is 4.61. The number of unbranched alkanes of at least 4 members (excludes halogenated alkanes) is 1. The number of benzene rings is 2. The molecular weight excluding hydrogens is 286 g/mol. The van der Waals surface area contributed by atoms with Crippen LogP contribution in [0.3, 0.4) is 0 Å². The van der Waals surface area contributed by atoms with E-state index in [0.29, 0.717) is 6.61 Å². The molecule has 0 saturated carbocycles. The summed E-state index contributed by atoms with van der Waals surface area (Å²) in [4.78, 5) is 0. The van der Waals surface area contributed by atoms with Crippen LogP contribution in [0.15, 0.2) is 36.4 Å². The number of rotatable bonds is 5. The lowest BCUT2D eigenvalue weighted by molar-refractivity contribution is -0.0252. The maximum atomic E-state index is 6.34. The molecule has 23 heavy (non-hydrogen) atoms. The molecule has 1 fully saturated rings. The van der Waals surface area contributed by atoms with Crippen LogP contribution < -0.4 is 10.1 Å². The van der Waals surface area contributed by atoms with Gasteiger partial charge in [0.1, 0.15) is 11.5 Å². The first-order valence-electron chi connectivity index (χ1n) is 8.50. The van der Waals surface area contributed by atoms with Crippen LogP contribution in [0, 0.1) is 0 Å². The van der Waals surface area contributed by atoms with E-state index < -0.39 is 5.72 Å². The summed E-state index contributed by atoms with van der Waals surface area (Å²) in [5, 5.41) is 6.14. The highest BCUT2D eigenvalue weighted by molar-refractivity contribution is 5.85. The Morgan fingerprint density at radius 3 is 2.43 bits per heavy atom. The molecule has 3 heteroatoms. The van der Waals surface area contributed by atoms with Crippen molar-refractivity contribution in [2.75, 3.05) is 13.7 Å². The summed E-state index contributed by atoms with van der Waals surface area (Å²) in [6.07, 6.45) is 3.20. The van der Waals surface area contributed by atoms with Crippen LogP contribution in [0.25, 0.3) is 10.8 Å². The zero-order valence-electron chi connectivity index (χ0n) is 14.6. The van der Waals surface area contributed by atoms with Crippen LogP contribution in [-0.2, 0) is 10.5 Å². The molecule has 2 aromatic rings. The van der Waals surface area contributed by atoms with E-state index in [2.05, 4.69) is 62.5 Å². The van der Waals surface area contributed by atoms with E-state index in [0.717, 1.165) is 30.6 Å². The quantitative estimate of drug-likeness (QED) is 0.876. The van der Waals surface area contributed by atoms with E-state index in [4.69, 9.17) is 9.47 Å². The van der Waals surface area contributed by atoms with E-state index in [1.165, 1.54) is 10.8 Å². The summed E-state index contributed by atoms with van der Waals surface area (Å²) < 4.78 is 12.1.